The second-order valence-corrected chi connectivity index (χ2v) is 6.31. The van der Waals surface area contributed by atoms with Gasteiger partial charge in [-0.3, -0.25) is 0 Å². The van der Waals surface area contributed by atoms with Crippen molar-refractivity contribution in [1.82, 2.24) is 0 Å². The predicted molar refractivity (Wildman–Crippen MR) is 67.9 cm³/mol. The molecule has 0 aliphatic carbocycles. The average molecular weight is 212 g/mol. The molecule has 0 saturated carbocycles. The molecule has 82 valence electrons. The Hall–Kier alpha value is 0.0900. The van der Waals surface area contributed by atoms with E-state index in [0.717, 1.165) is 17.1 Å². The van der Waals surface area contributed by atoms with Gasteiger partial charge in [0.2, 0.25) is 0 Å². The zero-order valence-corrected chi connectivity index (χ0v) is 10.9. The Morgan fingerprint density at radius 1 is 1.43 bits per heavy atom. The Morgan fingerprint density at radius 3 is 2.71 bits per heavy atom. The highest BCUT2D eigenvalue weighted by Crippen LogP contribution is 2.39. The summed E-state index contributed by atoms with van der Waals surface area (Å²) in [7, 11) is 0. The minimum atomic E-state index is 0.877. The van der Waals surface area contributed by atoms with Crippen LogP contribution in [0.25, 0.3) is 0 Å². The molecule has 14 heavy (non-hydrogen) atoms. The Kier molecular flexibility index (Phi) is 5.08. The van der Waals surface area contributed by atoms with Gasteiger partial charge in [-0.25, -0.2) is 0 Å². The number of hydrogen-bond acceptors (Lipinski definition) is 1. The largest absolute Gasteiger partial charge is 0.158 e. The fraction of sp³-hybridized carbons (Fsp3) is 0.846. The minimum Gasteiger partial charge on any atom is -0.158 e. The first kappa shape index (κ1) is 12.2. The number of allylic oxidation sites excluding steroid dienone is 2. The van der Waals surface area contributed by atoms with Crippen LogP contribution in [0.1, 0.15) is 47.0 Å². The van der Waals surface area contributed by atoms with Gasteiger partial charge in [0.1, 0.15) is 0 Å². The van der Waals surface area contributed by atoms with Gasteiger partial charge in [0.05, 0.1) is 0 Å². The number of thioether (sulfide) groups is 1. The zero-order chi connectivity index (χ0) is 10.6. The molecule has 0 aromatic carbocycles. The summed E-state index contributed by atoms with van der Waals surface area (Å²) in [5.74, 6) is 3.25. The zero-order valence-electron chi connectivity index (χ0n) is 10.0. The van der Waals surface area contributed by atoms with E-state index in [2.05, 4.69) is 45.5 Å². The summed E-state index contributed by atoms with van der Waals surface area (Å²) in [6.45, 7) is 9.15. The van der Waals surface area contributed by atoms with Crippen LogP contribution in [0.3, 0.4) is 0 Å². The molecule has 0 aromatic heterocycles. The maximum absolute atomic E-state index is 2.39. The van der Waals surface area contributed by atoms with E-state index in [1.165, 1.54) is 30.6 Å². The van der Waals surface area contributed by atoms with E-state index in [1.54, 1.807) is 0 Å². The van der Waals surface area contributed by atoms with Crippen molar-refractivity contribution in [3.63, 3.8) is 0 Å². The Morgan fingerprint density at radius 2 is 2.14 bits per heavy atom. The second kappa shape index (κ2) is 5.85. The van der Waals surface area contributed by atoms with Gasteiger partial charge in [0, 0.05) is 5.25 Å². The van der Waals surface area contributed by atoms with Crippen molar-refractivity contribution < 1.29 is 0 Å². The van der Waals surface area contributed by atoms with Gasteiger partial charge in [-0.05, 0) is 50.7 Å². The molecule has 1 aliphatic heterocycles. The first-order valence-electron chi connectivity index (χ1n) is 5.86. The Balaban J connectivity index is 2.33. The normalized spacial score (nSPS) is 26.9. The van der Waals surface area contributed by atoms with Crippen molar-refractivity contribution >= 4 is 11.8 Å². The fourth-order valence-electron chi connectivity index (χ4n) is 2.26. The monoisotopic (exact) mass is 212 g/mol. The van der Waals surface area contributed by atoms with E-state index in [4.69, 9.17) is 0 Å². The van der Waals surface area contributed by atoms with Crippen molar-refractivity contribution in [2.45, 2.75) is 52.2 Å². The first-order valence-corrected chi connectivity index (χ1v) is 6.91. The molecule has 0 bridgehead atoms. The maximum Gasteiger partial charge on any atom is 0.00810 e. The predicted octanol–water partition coefficient (Wildman–Crippen LogP) is 4.51. The van der Waals surface area contributed by atoms with Crippen LogP contribution in [0, 0.1) is 11.8 Å². The summed E-state index contributed by atoms with van der Waals surface area (Å²) in [6.07, 6.45) is 6.50. The van der Waals surface area contributed by atoms with Crippen LogP contribution in [-0.4, -0.2) is 11.0 Å². The third-order valence-corrected chi connectivity index (χ3v) is 4.61. The summed E-state index contributed by atoms with van der Waals surface area (Å²) >= 11 is 2.20. The van der Waals surface area contributed by atoms with E-state index in [0.29, 0.717) is 0 Å². The molecule has 1 heteroatoms. The third-order valence-electron chi connectivity index (χ3n) is 3.12. The third kappa shape index (κ3) is 3.68. The molecular weight excluding hydrogens is 188 g/mol. The highest BCUT2D eigenvalue weighted by molar-refractivity contribution is 8.00. The van der Waals surface area contributed by atoms with Crippen molar-refractivity contribution in [2.75, 3.05) is 5.75 Å². The smallest absolute Gasteiger partial charge is 0.00810 e. The minimum absolute atomic E-state index is 0.877. The lowest BCUT2D eigenvalue weighted by Crippen LogP contribution is -2.17. The lowest BCUT2D eigenvalue weighted by molar-refractivity contribution is 0.369. The standard InChI is InChI=1S/C13H24S/c1-10(2)6-5-7-13-12(11(3)4)8-9-14-13/h6,11-13H,5,7-9H2,1-4H3. The number of rotatable bonds is 4. The van der Waals surface area contributed by atoms with Gasteiger partial charge >= 0.3 is 0 Å². The first-order chi connectivity index (χ1) is 6.61. The molecule has 2 unspecified atom stereocenters. The van der Waals surface area contributed by atoms with Crippen molar-refractivity contribution in [3.8, 4) is 0 Å². The molecule has 0 aromatic rings. The summed E-state index contributed by atoms with van der Waals surface area (Å²) in [5, 5.41) is 0.936. The topological polar surface area (TPSA) is 0 Å². The van der Waals surface area contributed by atoms with Gasteiger partial charge in [-0.1, -0.05) is 25.5 Å². The van der Waals surface area contributed by atoms with E-state index >= 15 is 0 Å². The van der Waals surface area contributed by atoms with Gasteiger partial charge < -0.3 is 0 Å². The van der Waals surface area contributed by atoms with Gasteiger partial charge in [-0.15, -0.1) is 0 Å². The van der Waals surface area contributed by atoms with Crippen LogP contribution in [0.2, 0.25) is 0 Å². The SMILES string of the molecule is CC(C)=CCCC1SCCC1C(C)C. The molecule has 1 saturated heterocycles. The summed E-state index contributed by atoms with van der Waals surface area (Å²) in [5.41, 5.74) is 1.47. The highest BCUT2D eigenvalue weighted by Gasteiger charge is 2.29. The van der Waals surface area contributed by atoms with E-state index in [-0.39, 0.29) is 0 Å². The molecule has 0 nitrogen and oxygen atoms in total. The van der Waals surface area contributed by atoms with Gasteiger partial charge in [0.15, 0.2) is 0 Å². The second-order valence-electron chi connectivity index (χ2n) is 4.96. The molecule has 0 spiro atoms. The Labute approximate surface area is 93.5 Å². The van der Waals surface area contributed by atoms with E-state index < -0.39 is 0 Å². The van der Waals surface area contributed by atoms with E-state index in [9.17, 15) is 0 Å². The lowest BCUT2D eigenvalue weighted by atomic mass is 9.88. The van der Waals surface area contributed by atoms with Crippen LogP contribution in [-0.2, 0) is 0 Å². The molecule has 1 fully saturated rings. The van der Waals surface area contributed by atoms with Crippen LogP contribution in [0.15, 0.2) is 11.6 Å². The summed E-state index contributed by atoms with van der Waals surface area (Å²) < 4.78 is 0. The molecule has 1 heterocycles. The van der Waals surface area contributed by atoms with Crippen molar-refractivity contribution in [3.05, 3.63) is 11.6 Å². The highest BCUT2D eigenvalue weighted by atomic mass is 32.2. The summed E-state index contributed by atoms with van der Waals surface area (Å²) in [4.78, 5) is 0. The van der Waals surface area contributed by atoms with Crippen LogP contribution in [0.4, 0.5) is 0 Å². The molecule has 1 rings (SSSR count). The van der Waals surface area contributed by atoms with Gasteiger partial charge in [0.25, 0.3) is 0 Å². The Bertz CT molecular complexity index is 189. The van der Waals surface area contributed by atoms with Crippen LogP contribution >= 0.6 is 11.8 Å². The lowest BCUT2D eigenvalue weighted by Gasteiger charge is -2.21. The fourth-order valence-corrected chi connectivity index (χ4v) is 3.97. The van der Waals surface area contributed by atoms with Gasteiger partial charge in [-0.2, -0.15) is 11.8 Å². The maximum atomic E-state index is 2.39. The molecule has 2 atom stereocenters. The molecular formula is C13H24S. The quantitative estimate of drug-likeness (QED) is 0.618. The summed E-state index contributed by atoms with van der Waals surface area (Å²) in [6, 6.07) is 0. The molecule has 1 aliphatic rings. The molecule has 0 amide bonds. The van der Waals surface area contributed by atoms with Crippen LogP contribution in [0.5, 0.6) is 0 Å². The van der Waals surface area contributed by atoms with Crippen molar-refractivity contribution in [2.24, 2.45) is 11.8 Å². The molecule has 0 N–H and O–H groups in total. The average Bonchev–Trinajstić information content (AvgIpc) is 2.51. The number of hydrogen-bond donors (Lipinski definition) is 0. The van der Waals surface area contributed by atoms with Crippen molar-refractivity contribution in [1.29, 1.82) is 0 Å². The van der Waals surface area contributed by atoms with E-state index in [1.807, 2.05) is 0 Å². The van der Waals surface area contributed by atoms with Crippen LogP contribution < -0.4 is 0 Å². The molecule has 0 radical (unpaired) electrons.